The van der Waals surface area contributed by atoms with E-state index >= 15 is 0 Å². The Balaban J connectivity index is 4.39. The number of nitrogens with zero attached hydrogens (tertiary/aromatic N) is 1. The maximum absolute atomic E-state index is 12.7. The summed E-state index contributed by atoms with van der Waals surface area (Å²) in [7, 11) is 1.47. The van der Waals surface area contributed by atoms with Crippen LogP contribution in [0.2, 0.25) is 0 Å². The van der Waals surface area contributed by atoms with Crippen LogP contribution in [0.4, 0.5) is 0 Å². The molecule has 0 aliphatic heterocycles. The second-order valence-corrected chi connectivity index (χ2v) is 17.5. The lowest BCUT2D eigenvalue weighted by atomic mass is 10.0. The summed E-state index contributed by atoms with van der Waals surface area (Å²) in [6, 6.07) is 0. The van der Waals surface area contributed by atoms with Crippen molar-refractivity contribution in [2.75, 3.05) is 47.5 Å². The number of allylic oxidation sites excluding steroid dienone is 4. The molecule has 0 aliphatic carbocycles. The Morgan fingerprint density at radius 2 is 1.00 bits per heavy atom. The Kier molecular flexibility index (Phi) is 36.1. The molecule has 0 aromatic rings. The van der Waals surface area contributed by atoms with Crippen molar-refractivity contribution in [1.29, 1.82) is 0 Å². The number of hydrogen-bond donors (Lipinski definition) is 1. The van der Waals surface area contributed by atoms with Gasteiger partial charge in [0.25, 0.3) is 0 Å². The van der Waals surface area contributed by atoms with E-state index in [0.29, 0.717) is 23.9 Å². The van der Waals surface area contributed by atoms with Crippen LogP contribution in [-0.4, -0.2) is 74.9 Å². The molecule has 0 saturated heterocycles. The molecule has 0 heterocycles. The van der Waals surface area contributed by atoms with Crippen LogP contribution in [-0.2, 0) is 32.7 Å². The van der Waals surface area contributed by atoms with E-state index < -0.39 is 32.5 Å². The molecule has 54 heavy (non-hydrogen) atoms. The molecule has 0 spiro atoms. The van der Waals surface area contributed by atoms with Crippen LogP contribution in [0.3, 0.4) is 0 Å². The third kappa shape index (κ3) is 40.2. The van der Waals surface area contributed by atoms with E-state index in [9.17, 15) is 19.0 Å². The van der Waals surface area contributed by atoms with Gasteiger partial charge < -0.3 is 18.9 Å². The summed E-state index contributed by atoms with van der Waals surface area (Å²) in [5.41, 5.74) is 0. The first kappa shape index (κ1) is 52.5. The Morgan fingerprint density at radius 3 is 1.50 bits per heavy atom. The van der Waals surface area contributed by atoms with Gasteiger partial charge in [0, 0.05) is 12.8 Å². The SMILES string of the molecule is CCCCCCCC/C=C/C/C=C/CCCCC(=O)OC[C@H](COP(=O)(O)OCC[N+](C)(C)C)OC(=O)CCCCCCCCCCCCCCCCC. The summed E-state index contributed by atoms with van der Waals surface area (Å²) in [6.45, 7) is 4.39. The molecule has 0 radical (unpaired) electrons. The number of esters is 2. The van der Waals surface area contributed by atoms with Crippen molar-refractivity contribution >= 4 is 19.8 Å². The van der Waals surface area contributed by atoms with Crippen LogP contribution >= 0.6 is 7.82 Å². The van der Waals surface area contributed by atoms with Gasteiger partial charge in [-0.25, -0.2) is 4.57 Å². The fraction of sp³-hybridized carbons (Fsp3) is 0.864. The molecule has 1 unspecified atom stereocenters. The van der Waals surface area contributed by atoms with Crippen LogP contribution in [0.5, 0.6) is 0 Å². The molecule has 10 heteroatoms. The van der Waals surface area contributed by atoms with E-state index in [1.54, 1.807) is 0 Å². The summed E-state index contributed by atoms with van der Waals surface area (Å²) in [5, 5.41) is 0. The summed E-state index contributed by atoms with van der Waals surface area (Å²) in [4.78, 5) is 35.3. The minimum Gasteiger partial charge on any atom is -0.462 e. The van der Waals surface area contributed by atoms with E-state index in [0.717, 1.165) is 38.5 Å². The average molecular weight is 787 g/mol. The third-order valence-corrected chi connectivity index (χ3v) is 10.5. The standard InChI is InChI=1S/C44H84NO8P/c1-6-8-10-12-14-16-18-20-22-24-26-28-30-32-34-36-43(46)50-40-42(41-52-54(48,49)51-39-38-45(3,4)5)53-44(47)37-35-33-31-29-27-25-23-21-19-17-15-13-11-9-7-2/h20,22,26,28,42H,6-19,21,23-25,27,29-41H2,1-5H3/p+1/b22-20+,28-26+/t42-/m1/s1. The van der Waals surface area contributed by atoms with Crippen molar-refractivity contribution in [3.05, 3.63) is 24.3 Å². The van der Waals surface area contributed by atoms with Gasteiger partial charge in [-0.3, -0.25) is 18.6 Å². The van der Waals surface area contributed by atoms with Gasteiger partial charge in [-0.1, -0.05) is 160 Å². The molecule has 0 fully saturated rings. The molecule has 0 saturated carbocycles. The Morgan fingerprint density at radius 1 is 0.574 bits per heavy atom. The summed E-state index contributed by atoms with van der Waals surface area (Å²) in [6.07, 6.45) is 39.4. The number of hydrogen-bond acceptors (Lipinski definition) is 7. The van der Waals surface area contributed by atoms with Gasteiger partial charge in [-0.05, 0) is 44.9 Å². The first-order valence-electron chi connectivity index (χ1n) is 22.1. The van der Waals surface area contributed by atoms with Crippen LogP contribution in [0, 0.1) is 0 Å². The predicted octanol–water partition coefficient (Wildman–Crippen LogP) is 12.4. The van der Waals surface area contributed by atoms with Crippen molar-refractivity contribution < 1.29 is 42.1 Å². The van der Waals surface area contributed by atoms with Crippen molar-refractivity contribution in [3.8, 4) is 0 Å². The lowest BCUT2D eigenvalue weighted by Crippen LogP contribution is -2.37. The number of carbonyl (C=O) groups excluding carboxylic acids is 2. The lowest BCUT2D eigenvalue weighted by molar-refractivity contribution is -0.870. The summed E-state index contributed by atoms with van der Waals surface area (Å²) in [5.74, 6) is -0.830. The highest BCUT2D eigenvalue weighted by molar-refractivity contribution is 7.47. The van der Waals surface area contributed by atoms with Gasteiger partial charge >= 0.3 is 19.8 Å². The Hall–Kier alpha value is -1.51. The molecule has 0 aliphatic rings. The fourth-order valence-electron chi connectivity index (χ4n) is 5.99. The zero-order valence-electron chi connectivity index (χ0n) is 35.7. The monoisotopic (exact) mass is 787 g/mol. The first-order valence-corrected chi connectivity index (χ1v) is 23.6. The van der Waals surface area contributed by atoms with Crippen LogP contribution < -0.4 is 0 Å². The van der Waals surface area contributed by atoms with E-state index in [1.165, 1.54) is 116 Å². The zero-order chi connectivity index (χ0) is 40.0. The minimum atomic E-state index is -4.38. The maximum Gasteiger partial charge on any atom is 0.472 e. The van der Waals surface area contributed by atoms with Crippen LogP contribution in [0.15, 0.2) is 24.3 Å². The molecule has 0 aromatic carbocycles. The molecule has 0 amide bonds. The van der Waals surface area contributed by atoms with Crippen LogP contribution in [0.25, 0.3) is 0 Å². The van der Waals surface area contributed by atoms with Crippen molar-refractivity contribution in [2.45, 2.75) is 200 Å². The molecule has 1 N–H and O–H groups in total. The Bertz CT molecular complexity index is 980. The number of phosphoric ester groups is 1. The molecule has 0 aromatic heterocycles. The quantitative estimate of drug-likeness (QED) is 0.0215. The van der Waals surface area contributed by atoms with Gasteiger partial charge in [0.05, 0.1) is 27.7 Å². The fourth-order valence-corrected chi connectivity index (χ4v) is 6.73. The number of phosphoric acid groups is 1. The van der Waals surface area contributed by atoms with Crippen molar-refractivity contribution in [2.24, 2.45) is 0 Å². The highest BCUT2D eigenvalue weighted by Crippen LogP contribution is 2.43. The van der Waals surface area contributed by atoms with E-state index in [1.807, 2.05) is 21.1 Å². The number of carbonyl (C=O) groups is 2. The van der Waals surface area contributed by atoms with E-state index in [-0.39, 0.29) is 26.1 Å². The van der Waals surface area contributed by atoms with Gasteiger partial charge in [-0.2, -0.15) is 0 Å². The molecule has 318 valence electrons. The van der Waals surface area contributed by atoms with E-state index in [4.69, 9.17) is 18.5 Å². The van der Waals surface area contributed by atoms with Crippen molar-refractivity contribution in [1.82, 2.24) is 0 Å². The minimum absolute atomic E-state index is 0.0288. The average Bonchev–Trinajstić information content (AvgIpc) is 3.12. The topological polar surface area (TPSA) is 108 Å². The number of quaternary nitrogens is 1. The van der Waals surface area contributed by atoms with Crippen molar-refractivity contribution in [3.63, 3.8) is 0 Å². The second-order valence-electron chi connectivity index (χ2n) is 16.1. The molecular weight excluding hydrogens is 701 g/mol. The first-order chi connectivity index (χ1) is 26.0. The highest BCUT2D eigenvalue weighted by atomic mass is 31.2. The van der Waals surface area contributed by atoms with Gasteiger partial charge in [0.15, 0.2) is 6.10 Å². The van der Waals surface area contributed by atoms with Gasteiger partial charge in [-0.15, -0.1) is 0 Å². The Labute approximate surface area is 332 Å². The number of unbranched alkanes of at least 4 members (excludes halogenated alkanes) is 22. The molecule has 9 nitrogen and oxygen atoms in total. The number of ether oxygens (including phenoxy) is 2. The molecule has 0 bridgehead atoms. The van der Waals surface area contributed by atoms with Gasteiger partial charge in [0.2, 0.25) is 0 Å². The molecule has 2 atom stereocenters. The van der Waals surface area contributed by atoms with E-state index in [2.05, 4.69) is 38.2 Å². The maximum atomic E-state index is 12.7. The lowest BCUT2D eigenvalue weighted by Gasteiger charge is -2.24. The smallest absolute Gasteiger partial charge is 0.462 e. The largest absolute Gasteiger partial charge is 0.472 e. The molecule has 0 rings (SSSR count). The number of rotatable bonds is 40. The number of likely N-dealkylation sites (N-methyl/N-ethyl adjacent to an activating group) is 1. The van der Waals surface area contributed by atoms with Gasteiger partial charge in [0.1, 0.15) is 19.8 Å². The summed E-state index contributed by atoms with van der Waals surface area (Å²) >= 11 is 0. The second kappa shape index (κ2) is 37.1. The predicted molar refractivity (Wildman–Crippen MR) is 224 cm³/mol. The normalized spacial score (nSPS) is 13.8. The third-order valence-electron chi connectivity index (χ3n) is 9.48. The van der Waals surface area contributed by atoms with Crippen LogP contribution in [0.1, 0.15) is 194 Å². The molecular formula is C44H85NO8P+. The highest BCUT2D eigenvalue weighted by Gasteiger charge is 2.27. The summed E-state index contributed by atoms with van der Waals surface area (Å²) < 4.78 is 34.3. The zero-order valence-corrected chi connectivity index (χ0v) is 36.6.